The van der Waals surface area contributed by atoms with E-state index >= 15 is 0 Å². The molecule has 0 aliphatic heterocycles. The summed E-state index contributed by atoms with van der Waals surface area (Å²) in [4.78, 5) is 24.8. The molecule has 0 radical (unpaired) electrons. The average Bonchev–Trinajstić information content (AvgIpc) is 3.02. The lowest BCUT2D eigenvalue weighted by Crippen LogP contribution is -2.33. The molecule has 158 valence electrons. The number of halogens is 4. The molecule has 0 aliphatic rings. The van der Waals surface area contributed by atoms with Gasteiger partial charge in [0.05, 0.1) is 5.56 Å². The van der Waals surface area contributed by atoms with Crippen molar-refractivity contribution in [2.24, 2.45) is 0 Å². The van der Waals surface area contributed by atoms with Crippen molar-refractivity contribution >= 4 is 17.5 Å². The zero-order chi connectivity index (χ0) is 21.9. The number of benzene rings is 2. The fourth-order valence-corrected chi connectivity index (χ4v) is 3.02. The van der Waals surface area contributed by atoms with E-state index in [1.54, 1.807) is 31.2 Å². The van der Waals surface area contributed by atoms with Crippen LogP contribution in [0.1, 0.15) is 18.1 Å². The third-order valence-corrected chi connectivity index (χ3v) is 4.63. The fourth-order valence-electron chi connectivity index (χ4n) is 2.89. The summed E-state index contributed by atoms with van der Waals surface area (Å²) < 4.78 is 40.8. The lowest BCUT2D eigenvalue weighted by molar-refractivity contribution is -0.137. The minimum atomic E-state index is -4.46. The fraction of sp³-hybridized carbons (Fsp3) is 0.250. The normalized spacial score (nSPS) is 11.5. The molecule has 0 saturated heterocycles. The molecule has 3 aromatic rings. The number of hydrogen-bond donors (Lipinski definition) is 1. The highest BCUT2D eigenvalue weighted by molar-refractivity contribution is 6.30. The Morgan fingerprint density at radius 3 is 2.50 bits per heavy atom. The maximum Gasteiger partial charge on any atom is 0.416 e. The van der Waals surface area contributed by atoms with E-state index in [4.69, 9.17) is 11.6 Å². The monoisotopic (exact) mass is 438 g/mol. The van der Waals surface area contributed by atoms with Gasteiger partial charge in [-0.3, -0.25) is 9.36 Å². The SMILES string of the molecule is CCn1c(-c2ccc(Cl)cc2)nn(CC(=O)NCc2cccc(C(F)(F)F)c2)c1=O. The lowest BCUT2D eigenvalue weighted by Gasteiger charge is -2.09. The molecule has 0 unspecified atom stereocenters. The molecule has 0 bridgehead atoms. The maximum absolute atomic E-state index is 12.8. The van der Waals surface area contributed by atoms with Gasteiger partial charge in [-0.25, -0.2) is 9.48 Å². The molecule has 3 rings (SSSR count). The lowest BCUT2D eigenvalue weighted by atomic mass is 10.1. The molecule has 1 aromatic heterocycles. The van der Waals surface area contributed by atoms with Gasteiger partial charge in [-0.15, -0.1) is 5.10 Å². The molecule has 0 saturated carbocycles. The van der Waals surface area contributed by atoms with Crippen molar-refractivity contribution in [3.05, 3.63) is 75.2 Å². The third kappa shape index (κ3) is 4.91. The van der Waals surface area contributed by atoms with Crippen LogP contribution in [-0.4, -0.2) is 20.3 Å². The van der Waals surface area contributed by atoms with Crippen LogP contribution < -0.4 is 11.0 Å². The van der Waals surface area contributed by atoms with Crippen LogP contribution in [0.2, 0.25) is 5.02 Å². The zero-order valence-corrected chi connectivity index (χ0v) is 16.7. The first kappa shape index (κ1) is 21.6. The molecule has 1 heterocycles. The van der Waals surface area contributed by atoms with Crippen LogP contribution in [0.15, 0.2) is 53.3 Å². The maximum atomic E-state index is 12.8. The number of rotatable bonds is 6. The van der Waals surface area contributed by atoms with E-state index in [9.17, 15) is 22.8 Å². The zero-order valence-electron chi connectivity index (χ0n) is 15.9. The van der Waals surface area contributed by atoms with Gasteiger partial charge in [-0.2, -0.15) is 13.2 Å². The van der Waals surface area contributed by atoms with Gasteiger partial charge in [0.1, 0.15) is 6.54 Å². The second kappa shape index (κ2) is 8.74. The van der Waals surface area contributed by atoms with E-state index in [-0.39, 0.29) is 13.1 Å². The van der Waals surface area contributed by atoms with Crippen molar-refractivity contribution in [1.29, 1.82) is 0 Å². The Bertz CT molecular complexity index is 1100. The predicted molar refractivity (Wildman–Crippen MR) is 106 cm³/mol. The Balaban J connectivity index is 1.73. The number of nitrogens with one attached hydrogen (secondary N) is 1. The van der Waals surface area contributed by atoms with Crippen molar-refractivity contribution in [3.8, 4) is 11.4 Å². The standard InChI is InChI=1S/C20H18ClF3N4O2/c1-2-27-18(14-6-8-16(21)9-7-14)26-28(19(27)30)12-17(29)25-11-13-4-3-5-15(10-13)20(22,23)24/h3-10H,2,11-12H2,1H3,(H,25,29). The molecule has 2 aromatic carbocycles. The summed E-state index contributed by atoms with van der Waals surface area (Å²) in [5, 5.41) is 7.29. The van der Waals surface area contributed by atoms with Crippen molar-refractivity contribution in [2.75, 3.05) is 0 Å². The first-order valence-electron chi connectivity index (χ1n) is 9.05. The predicted octanol–water partition coefficient (Wildman–Crippen LogP) is 3.72. The van der Waals surface area contributed by atoms with Crippen LogP contribution in [0.25, 0.3) is 11.4 Å². The van der Waals surface area contributed by atoms with E-state index < -0.39 is 23.3 Å². The molecular weight excluding hydrogens is 421 g/mol. The summed E-state index contributed by atoms with van der Waals surface area (Å²) in [6.45, 7) is 1.67. The van der Waals surface area contributed by atoms with Gasteiger partial charge in [0, 0.05) is 23.7 Å². The number of carbonyl (C=O) groups is 1. The smallest absolute Gasteiger partial charge is 0.350 e. The number of aromatic nitrogens is 3. The third-order valence-electron chi connectivity index (χ3n) is 4.38. The summed E-state index contributed by atoms with van der Waals surface area (Å²) in [6.07, 6.45) is -4.46. The number of nitrogens with zero attached hydrogens (tertiary/aromatic N) is 3. The van der Waals surface area contributed by atoms with Gasteiger partial charge in [-0.1, -0.05) is 23.7 Å². The van der Waals surface area contributed by atoms with E-state index in [2.05, 4.69) is 10.4 Å². The Hall–Kier alpha value is -3.07. The quantitative estimate of drug-likeness (QED) is 0.637. The molecule has 10 heteroatoms. The van der Waals surface area contributed by atoms with Gasteiger partial charge >= 0.3 is 11.9 Å². The van der Waals surface area contributed by atoms with Gasteiger partial charge in [0.25, 0.3) is 0 Å². The molecule has 30 heavy (non-hydrogen) atoms. The molecule has 0 fully saturated rings. The number of hydrogen-bond acceptors (Lipinski definition) is 3. The van der Waals surface area contributed by atoms with Crippen molar-refractivity contribution < 1.29 is 18.0 Å². The van der Waals surface area contributed by atoms with Crippen LogP contribution in [0.4, 0.5) is 13.2 Å². The highest BCUT2D eigenvalue weighted by Crippen LogP contribution is 2.29. The van der Waals surface area contributed by atoms with Crippen LogP contribution >= 0.6 is 11.6 Å². The van der Waals surface area contributed by atoms with Gasteiger partial charge in [-0.05, 0) is 48.9 Å². The number of amides is 1. The summed E-state index contributed by atoms with van der Waals surface area (Å²) in [7, 11) is 0. The molecule has 1 N–H and O–H groups in total. The van der Waals surface area contributed by atoms with E-state index in [0.717, 1.165) is 16.8 Å². The Morgan fingerprint density at radius 1 is 1.17 bits per heavy atom. The molecule has 1 amide bonds. The van der Waals surface area contributed by atoms with Gasteiger partial charge in [0.15, 0.2) is 5.82 Å². The Labute approximate surface area is 174 Å². The number of alkyl halides is 3. The second-order valence-electron chi connectivity index (χ2n) is 6.49. The van der Waals surface area contributed by atoms with Gasteiger partial charge < -0.3 is 5.32 Å². The minimum absolute atomic E-state index is 0.101. The van der Waals surface area contributed by atoms with Gasteiger partial charge in [0.2, 0.25) is 5.91 Å². The highest BCUT2D eigenvalue weighted by atomic mass is 35.5. The van der Waals surface area contributed by atoms with Crippen molar-refractivity contribution in [1.82, 2.24) is 19.7 Å². The first-order valence-corrected chi connectivity index (χ1v) is 9.43. The molecule has 6 nitrogen and oxygen atoms in total. The van der Waals surface area contributed by atoms with E-state index in [1.165, 1.54) is 16.7 Å². The Kier molecular flexibility index (Phi) is 6.31. The van der Waals surface area contributed by atoms with Crippen LogP contribution in [0, 0.1) is 0 Å². The molecule has 0 atom stereocenters. The topological polar surface area (TPSA) is 68.9 Å². The van der Waals surface area contributed by atoms with E-state index in [1.807, 2.05) is 0 Å². The van der Waals surface area contributed by atoms with Crippen molar-refractivity contribution in [2.45, 2.75) is 32.7 Å². The number of carbonyl (C=O) groups excluding carboxylic acids is 1. The summed E-state index contributed by atoms with van der Waals surface area (Å²) in [5.74, 6) is -0.150. The first-order chi connectivity index (χ1) is 14.2. The minimum Gasteiger partial charge on any atom is -0.350 e. The summed E-state index contributed by atoms with van der Waals surface area (Å²) >= 11 is 5.89. The van der Waals surface area contributed by atoms with Crippen LogP contribution in [0.3, 0.4) is 0 Å². The summed E-state index contributed by atoms with van der Waals surface area (Å²) in [5.41, 5.74) is -0.288. The second-order valence-corrected chi connectivity index (χ2v) is 6.93. The van der Waals surface area contributed by atoms with Crippen LogP contribution in [-0.2, 0) is 30.6 Å². The molecule has 0 spiro atoms. The van der Waals surface area contributed by atoms with E-state index in [0.29, 0.717) is 28.5 Å². The molecular formula is C20H18ClF3N4O2. The largest absolute Gasteiger partial charge is 0.416 e. The summed E-state index contributed by atoms with van der Waals surface area (Å²) in [6, 6.07) is 11.5. The molecule has 0 aliphatic carbocycles. The average molecular weight is 439 g/mol. The van der Waals surface area contributed by atoms with Crippen molar-refractivity contribution in [3.63, 3.8) is 0 Å². The Morgan fingerprint density at radius 2 is 1.87 bits per heavy atom. The van der Waals surface area contributed by atoms with Crippen LogP contribution in [0.5, 0.6) is 0 Å². The highest BCUT2D eigenvalue weighted by Gasteiger charge is 2.30.